The Labute approximate surface area is 201 Å². The first-order chi connectivity index (χ1) is 16.0. The zero-order chi connectivity index (χ0) is 23.2. The average molecular weight is 483 g/mol. The van der Waals surface area contributed by atoms with E-state index >= 15 is 0 Å². The number of ether oxygens (including phenoxy) is 1. The number of para-hydroxylation sites is 2. The molecule has 0 fully saturated rings. The van der Waals surface area contributed by atoms with Crippen LogP contribution in [0.15, 0.2) is 82.1 Å². The molecule has 0 aliphatic heterocycles. The van der Waals surface area contributed by atoms with Gasteiger partial charge in [-0.25, -0.2) is 0 Å². The Morgan fingerprint density at radius 3 is 2.55 bits per heavy atom. The van der Waals surface area contributed by atoms with Crippen LogP contribution in [0.5, 0.6) is 5.75 Å². The minimum Gasteiger partial charge on any atom is -0.492 e. The van der Waals surface area contributed by atoms with Crippen LogP contribution in [0.4, 0.5) is 6.01 Å². The molecule has 33 heavy (non-hydrogen) atoms. The van der Waals surface area contributed by atoms with Gasteiger partial charge in [0.25, 0.3) is 6.01 Å². The molecular formula is C25H23ClN2O4S. The summed E-state index contributed by atoms with van der Waals surface area (Å²) in [5.41, 5.74) is 2.51. The van der Waals surface area contributed by atoms with E-state index < -0.39 is 11.2 Å². The van der Waals surface area contributed by atoms with E-state index in [-0.39, 0.29) is 0 Å². The van der Waals surface area contributed by atoms with Gasteiger partial charge in [0, 0.05) is 17.0 Å². The molecule has 4 rings (SSSR count). The van der Waals surface area contributed by atoms with Crippen LogP contribution in [0.3, 0.4) is 0 Å². The second-order valence-corrected chi connectivity index (χ2v) is 9.19. The summed E-state index contributed by atoms with van der Waals surface area (Å²) in [6, 6.07) is 22.9. The van der Waals surface area contributed by atoms with Crippen molar-refractivity contribution < 1.29 is 19.1 Å². The molecule has 0 saturated carbocycles. The number of carbonyl (C=O) groups is 1. The first-order valence-electron chi connectivity index (χ1n) is 10.4. The highest BCUT2D eigenvalue weighted by atomic mass is 35.5. The third-order valence-corrected chi connectivity index (χ3v) is 6.47. The summed E-state index contributed by atoms with van der Waals surface area (Å²) in [6.07, 6.45) is 0.406. The van der Waals surface area contributed by atoms with Crippen molar-refractivity contribution in [2.45, 2.75) is 16.6 Å². The molecule has 1 N–H and O–H groups in total. The normalized spacial score (nSPS) is 11.9. The Morgan fingerprint density at radius 2 is 1.85 bits per heavy atom. The van der Waals surface area contributed by atoms with Gasteiger partial charge in [-0.05, 0) is 60.5 Å². The van der Waals surface area contributed by atoms with Crippen LogP contribution in [0.2, 0.25) is 5.02 Å². The van der Waals surface area contributed by atoms with Gasteiger partial charge in [0.2, 0.25) is 0 Å². The lowest BCUT2D eigenvalue weighted by atomic mass is 10.1. The number of carboxylic acid groups (broad SMARTS) is 1. The van der Waals surface area contributed by atoms with Gasteiger partial charge in [-0.3, -0.25) is 4.79 Å². The second-order valence-electron chi connectivity index (χ2n) is 7.48. The van der Waals surface area contributed by atoms with Crippen molar-refractivity contribution in [2.75, 3.05) is 25.1 Å². The number of rotatable bonds is 10. The van der Waals surface area contributed by atoms with Gasteiger partial charge in [0.1, 0.15) is 23.1 Å². The molecule has 0 aliphatic rings. The molecule has 170 valence electrons. The largest absolute Gasteiger partial charge is 0.492 e. The van der Waals surface area contributed by atoms with Crippen molar-refractivity contribution in [3.8, 4) is 5.75 Å². The fourth-order valence-electron chi connectivity index (χ4n) is 3.21. The number of halogens is 1. The second kappa shape index (κ2) is 10.6. The van der Waals surface area contributed by atoms with Crippen LogP contribution in [-0.4, -0.2) is 41.5 Å². The highest BCUT2D eigenvalue weighted by Crippen LogP contribution is 2.28. The number of hydrogen-bond acceptors (Lipinski definition) is 6. The summed E-state index contributed by atoms with van der Waals surface area (Å²) >= 11 is 7.22. The number of benzene rings is 3. The van der Waals surface area contributed by atoms with Crippen LogP contribution < -0.4 is 9.64 Å². The van der Waals surface area contributed by atoms with E-state index in [9.17, 15) is 9.90 Å². The van der Waals surface area contributed by atoms with E-state index in [4.69, 9.17) is 20.8 Å². The Kier molecular flexibility index (Phi) is 7.42. The van der Waals surface area contributed by atoms with Crippen LogP contribution in [0.25, 0.3) is 11.1 Å². The molecule has 6 nitrogen and oxygen atoms in total. The number of aromatic nitrogens is 1. The van der Waals surface area contributed by atoms with Crippen molar-refractivity contribution >= 4 is 46.4 Å². The lowest BCUT2D eigenvalue weighted by molar-refractivity contribution is -0.136. The standard InChI is InChI=1S/C25H23ClN2O4S/c1-28(25-27-21-4-2-3-5-22(21)32-25)14-15-31-19-10-6-17(7-11-19)16-23(24(29)30)33-20-12-8-18(26)9-13-20/h2-13,23H,14-16H2,1H3,(H,29,30). The van der Waals surface area contributed by atoms with E-state index in [2.05, 4.69) is 4.98 Å². The number of nitrogens with zero attached hydrogens (tertiary/aromatic N) is 2. The van der Waals surface area contributed by atoms with E-state index in [1.54, 1.807) is 12.1 Å². The molecule has 3 aromatic carbocycles. The molecule has 1 unspecified atom stereocenters. The van der Waals surface area contributed by atoms with Crippen molar-refractivity contribution in [3.63, 3.8) is 0 Å². The molecule has 0 saturated heterocycles. The van der Waals surface area contributed by atoms with Crippen LogP contribution in [0, 0.1) is 0 Å². The Hall–Kier alpha value is -3.16. The third kappa shape index (κ3) is 6.21. The smallest absolute Gasteiger partial charge is 0.317 e. The van der Waals surface area contributed by atoms with Crippen molar-refractivity contribution in [1.82, 2.24) is 4.98 Å². The van der Waals surface area contributed by atoms with Gasteiger partial charge < -0.3 is 19.2 Å². The van der Waals surface area contributed by atoms with E-state index in [0.717, 1.165) is 27.3 Å². The molecule has 1 heterocycles. The first kappa shape index (κ1) is 23.0. The number of thioether (sulfide) groups is 1. The number of carboxylic acids is 1. The Bertz CT molecular complexity index is 1180. The molecule has 0 bridgehead atoms. The lowest BCUT2D eigenvalue weighted by Crippen LogP contribution is -2.24. The average Bonchev–Trinajstić information content (AvgIpc) is 3.25. The first-order valence-corrected chi connectivity index (χ1v) is 11.7. The highest BCUT2D eigenvalue weighted by Gasteiger charge is 2.19. The fraction of sp³-hybridized carbons (Fsp3) is 0.200. The van der Waals surface area contributed by atoms with Gasteiger partial charge in [-0.2, -0.15) is 4.98 Å². The maximum Gasteiger partial charge on any atom is 0.317 e. The van der Waals surface area contributed by atoms with Gasteiger partial charge in [-0.1, -0.05) is 35.9 Å². The molecule has 1 aromatic heterocycles. The summed E-state index contributed by atoms with van der Waals surface area (Å²) in [6.45, 7) is 1.06. The Balaban J connectivity index is 1.29. The van der Waals surface area contributed by atoms with Gasteiger partial charge in [0.15, 0.2) is 5.58 Å². The summed E-state index contributed by atoms with van der Waals surface area (Å²) in [5, 5.41) is 9.66. The molecule has 0 spiro atoms. The summed E-state index contributed by atoms with van der Waals surface area (Å²) in [4.78, 5) is 19.0. The zero-order valence-electron chi connectivity index (χ0n) is 18.0. The highest BCUT2D eigenvalue weighted by molar-refractivity contribution is 8.00. The predicted octanol–water partition coefficient (Wildman–Crippen LogP) is 5.78. The number of anilines is 1. The molecule has 8 heteroatoms. The molecule has 0 radical (unpaired) electrons. The van der Waals surface area contributed by atoms with Crippen molar-refractivity contribution in [1.29, 1.82) is 0 Å². The molecule has 4 aromatic rings. The number of fused-ring (bicyclic) bond motifs is 1. The van der Waals surface area contributed by atoms with Gasteiger partial charge in [-0.15, -0.1) is 11.8 Å². The molecule has 0 amide bonds. The van der Waals surface area contributed by atoms with E-state index in [1.165, 1.54) is 11.8 Å². The molecule has 1 atom stereocenters. The summed E-state index contributed by atoms with van der Waals surface area (Å²) < 4.78 is 11.6. The maximum atomic E-state index is 11.7. The SMILES string of the molecule is CN(CCOc1ccc(CC(Sc2ccc(Cl)cc2)C(=O)O)cc1)c1nc2ccccc2o1. The van der Waals surface area contributed by atoms with Crippen molar-refractivity contribution in [3.05, 3.63) is 83.4 Å². The maximum absolute atomic E-state index is 11.7. The van der Waals surface area contributed by atoms with Gasteiger partial charge in [0.05, 0.1) is 6.54 Å². The van der Waals surface area contributed by atoms with Gasteiger partial charge >= 0.3 is 5.97 Å². The number of hydrogen-bond donors (Lipinski definition) is 1. The van der Waals surface area contributed by atoms with Crippen LogP contribution in [-0.2, 0) is 11.2 Å². The zero-order valence-corrected chi connectivity index (χ0v) is 19.6. The van der Waals surface area contributed by atoms with Crippen LogP contribution >= 0.6 is 23.4 Å². The minimum absolute atomic E-state index is 0.406. The lowest BCUT2D eigenvalue weighted by Gasteiger charge is -2.15. The molecular weight excluding hydrogens is 460 g/mol. The summed E-state index contributed by atoms with van der Waals surface area (Å²) in [5.74, 6) is -0.126. The Morgan fingerprint density at radius 1 is 1.12 bits per heavy atom. The van der Waals surface area contributed by atoms with E-state index in [0.29, 0.717) is 30.6 Å². The summed E-state index contributed by atoms with van der Waals surface area (Å²) in [7, 11) is 1.90. The number of oxazole rings is 1. The van der Waals surface area contributed by atoms with Crippen molar-refractivity contribution in [2.24, 2.45) is 0 Å². The number of likely N-dealkylation sites (N-methyl/N-ethyl adjacent to an activating group) is 1. The topological polar surface area (TPSA) is 75.8 Å². The molecule has 0 aliphatic carbocycles. The number of aliphatic carboxylic acids is 1. The third-order valence-electron chi connectivity index (χ3n) is 5.02. The quantitative estimate of drug-likeness (QED) is 0.287. The van der Waals surface area contributed by atoms with E-state index in [1.807, 2.05) is 72.6 Å². The fourth-order valence-corrected chi connectivity index (χ4v) is 4.34. The van der Waals surface area contributed by atoms with Crippen LogP contribution in [0.1, 0.15) is 5.56 Å². The minimum atomic E-state index is -0.850. The monoisotopic (exact) mass is 482 g/mol. The predicted molar refractivity (Wildman–Crippen MR) is 132 cm³/mol.